The predicted octanol–water partition coefficient (Wildman–Crippen LogP) is 1.23. The second kappa shape index (κ2) is 5.90. The van der Waals surface area contributed by atoms with Gasteiger partial charge in [-0.3, -0.25) is 0 Å². The zero-order chi connectivity index (χ0) is 7.11. The first-order valence-corrected chi connectivity index (χ1v) is 3.48. The molecular formula is C5H9IN2O. The third kappa shape index (κ3) is 4.28. The number of halogens is 1. The van der Waals surface area contributed by atoms with Gasteiger partial charge in [0.1, 0.15) is 6.26 Å². The molecule has 0 radical (unpaired) electrons. The Hall–Kier alpha value is -0.230. The molecule has 0 bridgehead atoms. The van der Waals surface area contributed by atoms with E-state index in [1.807, 2.05) is 35.9 Å². The van der Waals surface area contributed by atoms with Gasteiger partial charge in [0.05, 0.1) is 22.9 Å². The van der Waals surface area contributed by atoms with E-state index in [2.05, 4.69) is 8.37 Å². The van der Waals surface area contributed by atoms with Gasteiger partial charge < -0.3 is 8.37 Å². The quantitative estimate of drug-likeness (QED) is 0.256. The van der Waals surface area contributed by atoms with Crippen LogP contribution < -0.4 is 9.43 Å². The molecule has 3 nitrogen and oxygen atoms in total. The summed E-state index contributed by atoms with van der Waals surface area (Å²) in [5.74, 6) is 4.74. The highest BCUT2D eigenvalue weighted by Gasteiger charge is 1.81. The molecule has 0 saturated heterocycles. The first-order valence-electron chi connectivity index (χ1n) is 2.40. The highest BCUT2D eigenvalue weighted by Crippen LogP contribution is 1.93. The lowest BCUT2D eigenvalue weighted by molar-refractivity contribution is 0.261. The molecule has 9 heavy (non-hydrogen) atoms. The number of hydrogen-bond acceptors (Lipinski definition) is 3. The maximum Gasteiger partial charge on any atom is 0.113 e. The molecule has 0 atom stereocenters. The lowest BCUT2D eigenvalue weighted by Crippen LogP contribution is -1.95. The van der Waals surface area contributed by atoms with Crippen molar-refractivity contribution >= 4 is 22.9 Å². The van der Waals surface area contributed by atoms with Gasteiger partial charge in [-0.2, -0.15) is 5.90 Å². The summed E-state index contributed by atoms with van der Waals surface area (Å²) < 4.78 is 2.90. The van der Waals surface area contributed by atoms with Crippen LogP contribution in [0.3, 0.4) is 0 Å². The summed E-state index contributed by atoms with van der Waals surface area (Å²) in [4.78, 5) is 4.21. The van der Waals surface area contributed by atoms with Gasteiger partial charge in [-0.05, 0) is 13.0 Å². The minimum atomic E-state index is 0.959. The standard InChI is InChI=1S/C5H9IN2O/c1-2-5(8-6)3-4-9-7/h2-4,8H,7H2,1H3/b4-3-,5-2+. The van der Waals surface area contributed by atoms with E-state index in [1.54, 1.807) is 6.08 Å². The predicted molar refractivity (Wildman–Crippen MR) is 45.3 cm³/mol. The van der Waals surface area contributed by atoms with Gasteiger partial charge in [-0.1, -0.05) is 6.08 Å². The number of rotatable bonds is 3. The van der Waals surface area contributed by atoms with E-state index >= 15 is 0 Å². The van der Waals surface area contributed by atoms with Crippen LogP contribution in [0.2, 0.25) is 0 Å². The Bertz CT molecular complexity index is 122. The van der Waals surface area contributed by atoms with Crippen molar-refractivity contribution in [1.29, 1.82) is 0 Å². The van der Waals surface area contributed by atoms with Crippen molar-refractivity contribution in [2.75, 3.05) is 0 Å². The average molecular weight is 240 g/mol. The number of nitrogens with two attached hydrogens (primary N) is 1. The fourth-order valence-corrected chi connectivity index (χ4v) is 0.786. The summed E-state index contributed by atoms with van der Waals surface area (Å²) in [6.07, 6.45) is 5.04. The molecular weight excluding hydrogens is 231 g/mol. The Labute approximate surface area is 68.4 Å². The molecule has 0 fully saturated rings. The van der Waals surface area contributed by atoms with Crippen LogP contribution in [-0.2, 0) is 4.84 Å². The van der Waals surface area contributed by atoms with E-state index in [1.165, 1.54) is 6.26 Å². The van der Waals surface area contributed by atoms with Gasteiger partial charge in [-0.15, -0.1) is 0 Å². The summed E-state index contributed by atoms with van der Waals surface area (Å²) >= 11 is 2.02. The minimum absolute atomic E-state index is 0.959. The molecule has 3 N–H and O–H groups in total. The highest BCUT2D eigenvalue weighted by molar-refractivity contribution is 14.1. The third-order valence-corrected chi connectivity index (χ3v) is 1.37. The first-order chi connectivity index (χ1) is 4.35. The third-order valence-electron chi connectivity index (χ3n) is 0.746. The number of nitrogens with one attached hydrogen (secondary N) is 1. The molecule has 0 spiro atoms. The molecule has 0 aromatic rings. The van der Waals surface area contributed by atoms with E-state index < -0.39 is 0 Å². The molecule has 0 aromatic carbocycles. The maximum absolute atomic E-state index is 4.74. The molecule has 0 rings (SSSR count). The normalized spacial score (nSPS) is 12.1. The SMILES string of the molecule is C/C=C(\C=C/ON)NI. The Morgan fingerprint density at radius 2 is 2.44 bits per heavy atom. The van der Waals surface area contributed by atoms with E-state index in [0.717, 1.165) is 5.70 Å². The Kier molecular flexibility index (Phi) is 5.75. The van der Waals surface area contributed by atoms with Crippen molar-refractivity contribution in [3.63, 3.8) is 0 Å². The average Bonchev–Trinajstić information content (AvgIpc) is 1.91. The second-order valence-corrected chi connectivity index (χ2v) is 1.82. The molecule has 0 heterocycles. The van der Waals surface area contributed by atoms with E-state index in [9.17, 15) is 0 Å². The fraction of sp³-hybridized carbons (Fsp3) is 0.200. The van der Waals surface area contributed by atoms with Crippen LogP contribution in [-0.4, -0.2) is 0 Å². The summed E-state index contributed by atoms with van der Waals surface area (Å²) in [5.41, 5.74) is 0.959. The van der Waals surface area contributed by atoms with Crippen LogP contribution in [0.1, 0.15) is 6.92 Å². The largest absolute Gasteiger partial charge is 0.419 e. The van der Waals surface area contributed by atoms with Gasteiger partial charge in [0, 0.05) is 5.70 Å². The van der Waals surface area contributed by atoms with Crippen molar-refractivity contribution in [3.8, 4) is 0 Å². The van der Waals surface area contributed by atoms with Gasteiger partial charge in [0.2, 0.25) is 0 Å². The molecule has 0 aliphatic heterocycles. The molecule has 0 saturated carbocycles. The molecule has 0 unspecified atom stereocenters. The minimum Gasteiger partial charge on any atom is -0.419 e. The zero-order valence-corrected chi connectivity index (χ0v) is 7.25. The van der Waals surface area contributed by atoms with Gasteiger partial charge in [0.15, 0.2) is 0 Å². The van der Waals surface area contributed by atoms with Gasteiger partial charge in [0.25, 0.3) is 0 Å². The number of hydrogen-bond donors (Lipinski definition) is 2. The Balaban J connectivity index is 3.70. The Morgan fingerprint density at radius 3 is 2.78 bits per heavy atom. The zero-order valence-electron chi connectivity index (χ0n) is 5.10. The van der Waals surface area contributed by atoms with Crippen LogP contribution in [0.25, 0.3) is 0 Å². The van der Waals surface area contributed by atoms with Crippen LogP contribution in [0.4, 0.5) is 0 Å². The monoisotopic (exact) mass is 240 g/mol. The lowest BCUT2D eigenvalue weighted by Gasteiger charge is -1.93. The second-order valence-electron chi connectivity index (χ2n) is 1.28. The molecule has 0 aliphatic rings. The smallest absolute Gasteiger partial charge is 0.113 e. The highest BCUT2D eigenvalue weighted by atomic mass is 127. The summed E-state index contributed by atoms with van der Waals surface area (Å²) in [6.45, 7) is 1.92. The topological polar surface area (TPSA) is 47.3 Å². The molecule has 0 aromatic heterocycles. The fourth-order valence-electron chi connectivity index (χ4n) is 0.295. The summed E-state index contributed by atoms with van der Waals surface area (Å²) in [5, 5.41) is 0. The lowest BCUT2D eigenvalue weighted by atomic mass is 10.4. The van der Waals surface area contributed by atoms with Crippen molar-refractivity contribution in [1.82, 2.24) is 3.53 Å². The molecule has 52 valence electrons. The van der Waals surface area contributed by atoms with Crippen molar-refractivity contribution in [3.05, 3.63) is 24.1 Å². The van der Waals surface area contributed by atoms with Crippen molar-refractivity contribution in [2.24, 2.45) is 5.90 Å². The van der Waals surface area contributed by atoms with Crippen LogP contribution >= 0.6 is 22.9 Å². The van der Waals surface area contributed by atoms with Crippen LogP contribution in [0.5, 0.6) is 0 Å². The van der Waals surface area contributed by atoms with E-state index in [-0.39, 0.29) is 0 Å². The Morgan fingerprint density at radius 1 is 1.78 bits per heavy atom. The van der Waals surface area contributed by atoms with Gasteiger partial charge >= 0.3 is 0 Å². The van der Waals surface area contributed by atoms with Gasteiger partial charge in [-0.25, -0.2) is 0 Å². The van der Waals surface area contributed by atoms with E-state index in [4.69, 9.17) is 5.90 Å². The van der Waals surface area contributed by atoms with Crippen molar-refractivity contribution < 1.29 is 4.84 Å². The summed E-state index contributed by atoms with van der Waals surface area (Å²) in [7, 11) is 0. The molecule has 0 amide bonds. The maximum atomic E-state index is 4.74. The molecule has 4 heteroatoms. The molecule has 0 aliphatic carbocycles. The van der Waals surface area contributed by atoms with E-state index in [0.29, 0.717) is 0 Å². The number of allylic oxidation sites excluding steroid dienone is 2. The van der Waals surface area contributed by atoms with Crippen LogP contribution in [0.15, 0.2) is 24.1 Å². The summed E-state index contributed by atoms with van der Waals surface area (Å²) in [6, 6.07) is 0. The first kappa shape index (κ1) is 8.77. The van der Waals surface area contributed by atoms with Crippen molar-refractivity contribution in [2.45, 2.75) is 6.92 Å². The van der Waals surface area contributed by atoms with Crippen LogP contribution in [0, 0.1) is 0 Å².